The molecule has 0 aliphatic carbocycles. The van der Waals surface area contributed by atoms with E-state index in [0.29, 0.717) is 0 Å². The fourth-order valence-electron chi connectivity index (χ4n) is 2.75. The molecule has 2 aromatic rings. The molecule has 0 aliphatic heterocycles. The molecule has 0 saturated carbocycles. The first-order valence-corrected chi connectivity index (χ1v) is 7.86. The quantitative estimate of drug-likeness (QED) is 0.720. The molecule has 0 unspecified atom stereocenters. The van der Waals surface area contributed by atoms with Gasteiger partial charge in [-0.2, -0.15) is 0 Å². The summed E-state index contributed by atoms with van der Waals surface area (Å²) in [6.07, 6.45) is 1.89. The highest BCUT2D eigenvalue weighted by Gasteiger charge is 2.18. The van der Waals surface area contributed by atoms with Crippen LogP contribution < -0.4 is 4.74 Å². The third-order valence-corrected chi connectivity index (χ3v) is 4.30. The van der Waals surface area contributed by atoms with Crippen molar-refractivity contribution < 1.29 is 9.15 Å². The van der Waals surface area contributed by atoms with E-state index in [4.69, 9.17) is 9.15 Å². The summed E-state index contributed by atoms with van der Waals surface area (Å²) in [6.45, 7) is 10.7. The number of methoxy groups -OCH3 is 1. The average molecular weight is 298 g/mol. The minimum Gasteiger partial charge on any atom is -0.497 e. The van der Waals surface area contributed by atoms with Gasteiger partial charge in [-0.25, -0.2) is 0 Å². The van der Waals surface area contributed by atoms with Crippen LogP contribution in [0, 0.1) is 6.92 Å². The third-order valence-electron chi connectivity index (χ3n) is 4.30. The normalized spacial score (nSPS) is 10.6. The second-order valence-electron chi connectivity index (χ2n) is 5.95. The Labute approximate surface area is 133 Å². The standard InChI is InChI=1S/C20H26O2/c1-7-18-15(5)22-20(14(4)13(2)3)19(18)12-16-8-10-17(21-6)11-9-16/h8-11H,7,12H2,1-6H3. The van der Waals surface area contributed by atoms with Gasteiger partial charge in [-0.05, 0) is 62.9 Å². The van der Waals surface area contributed by atoms with Gasteiger partial charge in [0.2, 0.25) is 0 Å². The van der Waals surface area contributed by atoms with Gasteiger partial charge in [-0.15, -0.1) is 0 Å². The molecule has 1 aromatic carbocycles. The highest BCUT2D eigenvalue weighted by Crippen LogP contribution is 2.32. The van der Waals surface area contributed by atoms with Gasteiger partial charge in [0.25, 0.3) is 0 Å². The highest BCUT2D eigenvalue weighted by molar-refractivity contribution is 5.67. The molecule has 0 spiro atoms. The maximum Gasteiger partial charge on any atom is 0.133 e. The SMILES string of the molecule is CCc1c(C)oc(C(C)=C(C)C)c1Cc1ccc(OC)cc1. The fourth-order valence-corrected chi connectivity index (χ4v) is 2.75. The van der Waals surface area contributed by atoms with Crippen LogP contribution in [-0.2, 0) is 12.8 Å². The molecule has 0 amide bonds. The lowest BCUT2D eigenvalue weighted by atomic mass is 9.95. The van der Waals surface area contributed by atoms with Crippen molar-refractivity contribution in [3.05, 3.63) is 58.0 Å². The molecule has 0 radical (unpaired) electrons. The van der Waals surface area contributed by atoms with E-state index >= 15 is 0 Å². The Balaban J connectivity index is 2.45. The molecule has 0 bridgehead atoms. The summed E-state index contributed by atoms with van der Waals surface area (Å²) in [7, 11) is 1.69. The second-order valence-corrected chi connectivity index (χ2v) is 5.95. The first-order valence-electron chi connectivity index (χ1n) is 7.86. The molecule has 0 fully saturated rings. The number of rotatable bonds is 5. The zero-order valence-corrected chi connectivity index (χ0v) is 14.5. The summed E-state index contributed by atoms with van der Waals surface area (Å²) in [4.78, 5) is 0. The van der Waals surface area contributed by atoms with Crippen LogP contribution in [0.15, 0.2) is 34.3 Å². The van der Waals surface area contributed by atoms with E-state index in [0.717, 1.165) is 30.1 Å². The van der Waals surface area contributed by atoms with Gasteiger partial charge in [-0.1, -0.05) is 24.6 Å². The Bertz CT molecular complexity index is 668. The lowest BCUT2D eigenvalue weighted by Crippen LogP contribution is -1.96. The Morgan fingerprint density at radius 2 is 1.68 bits per heavy atom. The first-order chi connectivity index (χ1) is 10.5. The van der Waals surface area contributed by atoms with E-state index in [1.165, 1.54) is 27.8 Å². The molecule has 22 heavy (non-hydrogen) atoms. The summed E-state index contributed by atoms with van der Waals surface area (Å²) < 4.78 is 11.3. The maximum absolute atomic E-state index is 6.09. The van der Waals surface area contributed by atoms with Crippen LogP contribution in [0.1, 0.15) is 55.9 Å². The van der Waals surface area contributed by atoms with Crippen LogP contribution >= 0.6 is 0 Å². The van der Waals surface area contributed by atoms with Gasteiger partial charge in [0.15, 0.2) is 0 Å². The smallest absolute Gasteiger partial charge is 0.133 e. The summed E-state index contributed by atoms with van der Waals surface area (Å²) in [6, 6.07) is 8.28. The molecule has 1 heterocycles. The Morgan fingerprint density at radius 3 is 2.18 bits per heavy atom. The maximum atomic E-state index is 6.09. The summed E-state index contributed by atoms with van der Waals surface area (Å²) >= 11 is 0. The highest BCUT2D eigenvalue weighted by atomic mass is 16.5. The van der Waals surface area contributed by atoms with Crippen molar-refractivity contribution in [3.8, 4) is 5.75 Å². The number of allylic oxidation sites excluding steroid dienone is 2. The summed E-state index contributed by atoms with van der Waals surface area (Å²) in [5, 5.41) is 0. The lowest BCUT2D eigenvalue weighted by molar-refractivity contribution is 0.414. The Hall–Kier alpha value is -1.96. The zero-order chi connectivity index (χ0) is 16.3. The van der Waals surface area contributed by atoms with Crippen molar-refractivity contribution in [2.45, 2.75) is 47.5 Å². The number of benzene rings is 1. The largest absolute Gasteiger partial charge is 0.497 e. The summed E-state index contributed by atoms with van der Waals surface area (Å²) in [5.74, 6) is 2.98. The minimum atomic E-state index is 0.892. The van der Waals surface area contributed by atoms with E-state index in [-0.39, 0.29) is 0 Å². The fraction of sp³-hybridized carbons (Fsp3) is 0.400. The predicted molar refractivity (Wildman–Crippen MR) is 92.6 cm³/mol. The van der Waals surface area contributed by atoms with Crippen LogP contribution in [0.4, 0.5) is 0 Å². The van der Waals surface area contributed by atoms with Gasteiger partial charge in [-0.3, -0.25) is 0 Å². The van der Waals surface area contributed by atoms with E-state index in [1.54, 1.807) is 7.11 Å². The molecule has 0 saturated heterocycles. The van der Waals surface area contributed by atoms with Crippen molar-refractivity contribution in [2.24, 2.45) is 0 Å². The molecule has 2 nitrogen and oxygen atoms in total. The van der Waals surface area contributed by atoms with Gasteiger partial charge in [0.1, 0.15) is 17.3 Å². The molecular formula is C20H26O2. The minimum absolute atomic E-state index is 0.892. The van der Waals surface area contributed by atoms with Gasteiger partial charge >= 0.3 is 0 Å². The van der Waals surface area contributed by atoms with Crippen LogP contribution in [0.25, 0.3) is 5.57 Å². The number of aryl methyl sites for hydroxylation is 1. The van der Waals surface area contributed by atoms with Crippen molar-refractivity contribution in [1.82, 2.24) is 0 Å². The molecule has 0 atom stereocenters. The number of furan rings is 1. The number of hydrogen-bond donors (Lipinski definition) is 0. The first kappa shape index (κ1) is 16.4. The van der Waals surface area contributed by atoms with E-state index in [9.17, 15) is 0 Å². The molecule has 0 N–H and O–H groups in total. The molecular weight excluding hydrogens is 272 g/mol. The lowest BCUT2D eigenvalue weighted by Gasteiger charge is -2.08. The number of ether oxygens (including phenoxy) is 1. The number of hydrogen-bond acceptors (Lipinski definition) is 2. The van der Waals surface area contributed by atoms with Crippen LogP contribution in [0.2, 0.25) is 0 Å². The molecule has 0 aliphatic rings. The van der Waals surface area contributed by atoms with Gasteiger partial charge in [0.05, 0.1) is 7.11 Å². The molecule has 118 valence electrons. The third kappa shape index (κ3) is 3.27. The Morgan fingerprint density at radius 1 is 1.05 bits per heavy atom. The van der Waals surface area contributed by atoms with Gasteiger partial charge in [0, 0.05) is 12.0 Å². The van der Waals surface area contributed by atoms with Gasteiger partial charge < -0.3 is 9.15 Å². The zero-order valence-electron chi connectivity index (χ0n) is 14.5. The van der Waals surface area contributed by atoms with E-state index in [1.807, 2.05) is 12.1 Å². The van der Waals surface area contributed by atoms with Crippen molar-refractivity contribution in [3.63, 3.8) is 0 Å². The second kappa shape index (κ2) is 6.87. The van der Waals surface area contributed by atoms with Crippen molar-refractivity contribution in [1.29, 1.82) is 0 Å². The van der Waals surface area contributed by atoms with Crippen LogP contribution in [0.5, 0.6) is 5.75 Å². The predicted octanol–water partition coefficient (Wildman–Crippen LogP) is 5.56. The molecule has 2 heteroatoms. The van der Waals surface area contributed by atoms with E-state index < -0.39 is 0 Å². The Kier molecular flexibility index (Phi) is 5.12. The van der Waals surface area contributed by atoms with Crippen molar-refractivity contribution >= 4 is 5.57 Å². The van der Waals surface area contributed by atoms with E-state index in [2.05, 4.69) is 46.8 Å². The van der Waals surface area contributed by atoms with Crippen LogP contribution in [0.3, 0.4) is 0 Å². The van der Waals surface area contributed by atoms with Crippen molar-refractivity contribution in [2.75, 3.05) is 7.11 Å². The average Bonchev–Trinajstić information content (AvgIpc) is 2.82. The molecule has 1 aromatic heterocycles. The monoisotopic (exact) mass is 298 g/mol. The summed E-state index contributed by atoms with van der Waals surface area (Å²) in [5.41, 5.74) is 6.48. The topological polar surface area (TPSA) is 22.4 Å². The van der Waals surface area contributed by atoms with Crippen LogP contribution in [-0.4, -0.2) is 7.11 Å². The molecule has 2 rings (SSSR count).